The second-order valence-corrected chi connectivity index (χ2v) is 8.00. The molecule has 0 aliphatic carbocycles. The van der Waals surface area contributed by atoms with E-state index in [-0.39, 0.29) is 6.04 Å². The molecule has 0 aromatic carbocycles. The first-order valence-electron chi connectivity index (χ1n) is 9.22. The van der Waals surface area contributed by atoms with Crippen LogP contribution in [0.2, 0.25) is 0 Å². The first-order valence-corrected chi connectivity index (χ1v) is 10.1. The van der Waals surface area contributed by atoms with Gasteiger partial charge in [0.15, 0.2) is 5.82 Å². The van der Waals surface area contributed by atoms with Crippen LogP contribution in [0, 0.1) is 6.92 Å². The van der Waals surface area contributed by atoms with Crippen molar-refractivity contribution in [3.63, 3.8) is 0 Å². The van der Waals surface area contributed by atoms with Gasteiger partial charge in [0.25, 0.3) is 0 Å². The number of likely N-dealkylation sites (tertiary alicyclic amines) is 1. The molecule has 1 aliphatic rings. The Kier molecular flexibility index (Phi) is 4.86. The van der Waals surface area contributed by atoms with Gasteiger partial charge in [0, 0.05) is 17.8 Å². The molecule has 0 amide bonds. The zero-order chi connectivity index (χ0) is 18.1. The van der Waals surface area contributed by atoms with Gasteiger partial charge in [-0.05, 0) is 52.4 Å². The van der Waals surface area contributed by atoms with Crippen molar-refractivity contribution in [1.82, 2.24) is 34.4 Å². The highest BCUT2D eigenvalue weighted by Crippen LogP contribution is 2.30. The van der Waals surface area contributed by atoms with Crippen LogP contribution >= 0.6 is 11.3 Å². The van der Waals surface area contributed by atoms with E-state index in [0.29, 0.717) is 6.04 Å². The number of thiazole rings is 1. The lowest BCUT2D eigenvalue weighted by Crippen LogP contribution is -2.33. The van der Waals surface area contributed by atoms with E-state index in [9.17, 15) is 0 Å². The first kappa shape index (κ1) is 17.4. The molecule has 26 heavy (non-hydrogen) atoms. The summed E-state index contributed by atoms with van der Waals surface area (Å²) in [5, 5.41) is 12.5. The first-order chi connectivity index (χ1) is 12.7. The normalized spacial score (nSPS) is 17.7. The maximum atomic E-state index is 4.94. The minimum atomic E-state index is 0.0886. The molecule has 1 fully saturated rings. The third-order valence-electron chi connectivity index (χ3n) is 5.07. The van der Waals surface area contributed by atoms with Crippen LogP contribution in [0.5, 0.6) is 0 Å². The molecule has 4 heterocycles. The molecule has 1 saturated heterocycles. The summed E-state index contributed by atoms with van der Waals surface area (Å²) >= 11 is 1.64. The fourth-order valence-corrected chi connectivity index (χ4v) is 4.19. The number of hydrogen-bond donors (Lipinski definition) is 0. The van der Waals surface area contributed by atoms with Gasteiger partial charge in [-0.25, -0.2) is 14.6 Å². The highest BCUT2D eigenvalue weighted by molar-refractivity contribution is 7.09. The van der Waals surface area contributed by atoms with Crippen LogP contribution in [0.15, 0.2) is 23.8 Å². The fourth-order valence-electron chi connectivity index (χ4n) is 3.60. The minimum absolute atomic E-state index is 0.0886. The lowest BCUT2D eigenvalue weighted by molar-refractivity contribution is 0.206. The average Bonchev–Trinajstić information content (AvgIpc) is 3.37. The number of rotatable bonds is 5. The summed E-state index contributed by atoms with van der Waals surface area (Å²) in [5.41, 5.74) is 0.871. The van der Waals surface area contributed by atoms with Crippen LogP contribution < -0.4 is 0 Å². The van der Waals surface area contributed by atoms with Crippen molar-refractivity contribution < 1.29 is 0 Å². The number of aromatic nitrogens is 6. The van der Waals surface area contributed by atoms with E-state index in [1.54, 1.807) is 11.3 Å². The molecule has 138 valence electrons. The van der Waals surface area contributed by atoms with Crippen LogP contribution in [0.3, 0.4) is 0 Å². The molecule has 3 aromatic heterocycles. The number of hydrogen-bond acceptors (Lipinski definition) is 6. The van der Waals surface area contributed by atoms with Crippen molar-refractivity contribution in [2.45, 2.75) is 45.2 Å². The van der Waals surface area contributed by atoms with E-state index in [1.165, 1.54) is 0 Å². The average molecular weight is 372 g/mol. The van der Waals surface area contributed by atoms with Crippen molar-refractivity contribution in [3.05, 3.63) is 34.7 Å². The summed E-state index contributed by atoms with van der Waals surface area (Å²) in [5.74, 6) is 1.72. The van der Waals surface area contributed by atoms with Crippen molar-refractivity contribution in [1.29, 1.82) is 0 Å². The second kappa shape index (κ2) is 7.28. The molecular formula is C18H25N7S. The number of aryl methyl sites for hydroxylation is 1. The summed E-state index contributed by atoms with van der Waals surface area (Å²) in [6, 6.07) is 2.43. The molecule has 7 nitrogen and oxygen atoms in total. The molecule has 3 aromatic rings. The van der Waals surface area contributed by atoms with Gasteiger partial charge in [0.05, 0.1) is 11.0 Å². The summed E-state index contributed by atoms with van der Waals surface area (Å²) in [6.45, 7) is 6.37. The van der Waals surface area contributed by atoms with E-state index < -0.39 is 0 Å². The van der Waals surface area contributed by atoms with E-state index in [0.717, 1.165) is 54.7 Å². The van der Waals surface area contributed by atoms with Crippen LogP contribution in [-0.2, 0) is 0 Å². The van der Waals surface area contributed by atoms with Gasteiger partial charge < -0.3 is 4.90 Å². The van der Waals surface area contributed by atoms with E-state index in [4.69, 9.17) is 10.1 Å². The molecular weight excluding hydrogens is 346 g/mol. The smallest absolute Gasteiger partial charge is 0.200 e. The predicted molar refractivity (Wildman–Crippen MR) is 102 cm³/mol. The Morgan fingerprint density at radius 3 is 2.69 bits per heavy atom. The Labute approximate surface area is 157 Å². The summed E-state index contributed by atoms with van der Waals surface area (Å²) < 4.78 is 4.15. The lowest BCUT2D eigenvalue weighted by atomic mass is 10.1. The van der Waals surface area contributed by atoms with Crippen molar-refractivity contribution >= 4 is 11.3 Å². The van der Waals surface area contributed by atoms with Gasteiger partial charge in [0.2, 0.25) is 5.82 Å². The molecule has 0 spiro atoms. The van der Waals surface area contributed by atoms with E-state index in [1.807, 2.05) is 35.4 Å². The van der Waals surface area contributed by atoms with Crippen LogP contribution in [-0.4, -0.2) is 54.6 Å². The highest BCUT2D eigenvalue weighted by Gasteiger charge is 2.28. The molecule has 8 heteroatoms. The zero-order valence-electron chi connectivity index (χ0n) is 15.5. The Bertz CT molecular complexity index is 843. The summed E-state index contributed by atoms with van der Waals surface area (Å²) in [4.78, 5) is 11.9. The molecule has 0 saturated carbocycles. The quantitative estimate of drug-likeness (QED) is 0.689. The number of nitrogens with zero attached hydrogens (tertiary/aromatic N) is 7. The van der Waals surface area contributed by atoms with Gasteiger partial charge >= 0.3 is 0 Å². The van der Waals surface area contributed by atoms with Crippen molar-refractivity contribution in [3.8, 4) is 11.5 Å². The third kappa shape index (κ3) is 3.31. The lowest BCUT2D eigenvalue weighted by Gasteiger charge is -2.30. The summed E-state index contributed by atoms with van der Waals surface area (Å²) in [6.07, 6.45) is 6.94. The SMILES string of the molecule is CC[C@H](c1nc(-c2csc(C)n2)nn1C1CCN(C)CC1)n1cccn1. The Morgan fingerprint density at radius 1 is 1.27 bits per heavy atom. The predicted octanol–water partition coefficient (Wildman–Crippen LogP) is 3.17. The highest BCUT2D eigenvalue weighted by atomic mass is 32.1. The molecule has 4 rings (SSSR count). The second-order valence-electron chi connectivity index (χ2n) is 6.93. The Balaban J connectivity index is 1.76. The van der Waals surface area contributed by atoms with Gasteiger partial charge in [-0.3, -0.25) is 4.68 Å². The van der Waals surface area contributed by atoms with Gasteiger partial charge in [-0.15, -0.1) is 16.4 Å². The van der Waals surface area contributed by atoms with Crippen molar-refractivity contribution in [2.24, 2.45) is 0 Å². The molecule has 1 atom stereocenters. The number of piperidine rings is 1. The maximum absolute atomic E-state index is 4.94. The molecule has 1 aliphatic heterocycles. The monoisotopic (exact) mass is 371 g/mol. The van der Waals surface area contributed by atoms with E-state index >= 15 is 0 Å². The van der Waals surface area contributed by atoms with Crippen LogP contribution in [0.4, 0.5) is 0 Å². The molecule has 0 bridgehead atoms. The Morgan fingerprint density at radius 2 is 2.08 bits per heavy atom. The molecule has 0 radical (unpaired) electrons. The topological polar surface area (TPSA) is 64.7 Å². The van der Waals surface area contributed by atoms with Gasteiger partial charge in [-0.2, -0.15) is 5.10 Å². The zero-order valence-corrected chi connectivity index (χ0v) is 16.4. The minimum Gasteiger partial charge on any atom is -0.306 e. The van der Waals surface area contributed by atoms with Gasteiger partial charge in [-0.1, -0.05) is 6.92 Å². The van der Waals surface area contributed by atoms with Gasteiger partial charge in [0.1, 0.15) is 11.7 Å². The standard InChI is InChI=1S/C18H25N7S/c1-4-16(24-9-5-8-19-24)18-21-17(15-12-26-13(2)20-15)22-25(18)14-6-10-23(3)11-7-14/h5,8-9,12,14,16H,4,6-7,10-11H2,1-3H3/t16-/m1/s1. The van der Waals surface area contributed by atoms with E-state index in [2.05, 4.69) is 33.6 Å². The fraction of sp³-hybridized carbons (Fsp3) is 0.556. The van der Waals surface area contributed by atoms with Crippen molar-refractivity contribution in [2.75, 3.05) is 20.1 Å². The maximum Gasteiger partial charge on any atom is 0.200 e. The third-order valence-corrected chi connectivity index (χ3v) is 5.84. The summed E-state index contributed by atoms with van der Waals surface area (Å²) in [7, 11) is 2.18. The molecule has 0 N–H and O–H groups in total. The van der Waals surface area contributed by atoms with Crippen LogP contribution in [0.1, 0.15) is 49.1 Å². The largest absolute Gasteiger partial charge is 0.306 e. The molecule has 0 unspecified atom stereocenters. The van der Waals surface area contributed by atoms with Crippen LogP contribution in [0.25, 0.3) is 11.5 Å². The Hall–Kier alpha value is -2.06.